The molecule has 0 unspecified atom stereocenters. The van der Waals surface area contributed by atoms with Crippen LogP contribution >= 0.6 is 0 Å². The standard InChI is InChI=1S/C44H38N4.2Pt/c1-41(2)29-15-9-13-27(21-29)33-17-11-20-38(45-33)44(7,8)40-26-32-24-36(48-40)35-23-31(41)25-39(47-35)43(5,6)37-19-12-18-34(46-37)28-14-10-16-30(22-28)42(32,3)4;;/h9-20,25-26H,1-8H3;;/q-4;2*+2. The van der Waals surface area contributed by atoms with E-state index in [4.69, 9.17) is 19.9 Å². The summed E-state index contributed by atoms with van der Waals surface area (Å²) >= 11 is 0. The van der Waals surface area contributed by atoms with Gasteiger partial charge in [-0.3, -0.25) is 0 Å². The molecule has 0 fully saturated rings. The molecule has 6 heteroatoms. The molecular formula is C44H38N4Pt2. The predicted molar refractivity (Wildman–Crippen MR) is 191 cm³/mol. The average Bonchev–Trinajstić information content (AvgIpc) is 3.10. The third-order valence-electron chi connectivity index (χ3n) is 10.7. The molecule has 2 aliphatic rings. The second-order valence-corrected chi connectivity index (χ2v) is 15.3. The first-order chi connectivity index (χ1) is 22.7. The quantitative estimate of drug-likeness (QED) is 0.143. The molecule has 8 rings (SSSR count). The molecular weight excluding hydrogens is 975 g/mol. The van der Waals surface area contributed by atoms with Gasteiger partial charge in [-0.15, -0.1) is 94.3 Å². The van der Waals surface area contributed by atoms with Gasteiger partial charge >= 0.3 is 42.1 Å². The minimum atomic E-state index is -0.538. The normalized spacial score (nSPS) is 16.7. The van der Waals surface area contributed by atoms with Crippen LogP contribution in [0.15, 0.2) is 84.9 Å². The van der Waals surface area contributed by atoms with Gasteiger partial charge in [0.15, 0.2) is 0 Å². The summed E-state index contributed by atoms with van der Waals surface area (Å²) in [5.74, 6) is 0. The third kappa shape index (κ3) is 5.77. The van der Waals surface area contributed by atoms with Crippen molar-refractivity contribution in [1.82, 2.24) is 19.9 Å². The minimum absolute atomic E-state index is 0. The first-order valence-electron chi connectivity index (χ1n) is 16.7. The molecule has 2 aliphatic heterocycles. The molecule has 0 saturated carbocycles. The summed E-state index contributed by atoms with van der Waals surface area (Å²) in [6.07, 6.45) is 0. The number of hydrogen-bond donors (Lipinski definition) is 0. The van der Waals surface area contributed by atoms with E-state index in [-0.39, 0.29) is 42.1 Å². The van der Waals surface area contributed by atoms with Crippen LogP contribution in [0.25, 0.3) is 33.9 Å². The van der Waals surface area contributed by atoms with Crippen LogP contribution in [0.1, 0.15) is 100 Å². The molecule has 0 amide bonds. The largest absolute Gasteiger partial charge is 2.00 e. The van der Waals surface area contributed by atoms with E-state index in [1.165, 1.54) is 0 Å². The summed E-state index contributed by atoms with van der Waals surface area (Å²) in [5, 5.41) is 0. The number of pyridine rings is 4. The van der Waals surface area contributed by atoms with Crippen molar-refractivity contribution in [3.8, 4) is 33.9 Å². The van der Waals surface area contributed by atoms with Crippen LogP contribution in [0.3, 0.4) is 0 Å². The van der Waals surface area contributed by atoms with E-state index in [2.05, 4.69) is 165 Å². The Hall–Kier alpha value is -3.58. The van der Waals surface area contributed by atoms with Crippen LogP contribution in [0.2, 0.25) is 0 Å². The average molecular weight is 1010 g/mol. The van der Waals surface area contributed by atoms with Crippen LogP contribution in [-0.2, 0) is 63.8 Å². The molecule has 0 aliphatic carbocycles. The second kappa shape index (κ2) is 12.6. The summed E-state index contributed by atoms with van der Waals surface area (Å²) in [7, 11) is 0. The van der Waals surface area contributed by atoms with Gasteiger partial charge in [0.25, 0.3) is 0 Å². The van der Waals surface area contributed by atoms with Crippen molar-refractivity contribution in [2.75, 3.05) is 0 Å². The molecule has 6 heterocycles. The number of hydrogen-bond acceptors (Lipinski definition) is 4. The molecule has 0 radical (unpaired) electrons. The summed E-state index contributed by atoms with van der Waals surface area (Å²) < 4.78 is 0. The van der Waals surface area contributed by atoms with E-state index in [0.717, 1.165) is 67.5 Å². The second-order valence-electron chi connectivity index (χ2n) is 15.3. The van der Waals surface area contributed by atoms with Crippen LogP contribution in [-0.4, -0.2) is 19.9 Å². The molecule has 14 bridgehead atoms. The van der Waals surface area contributed by atoms with Crippen molar-refractivity contribution in [2.45, 2.75) is 77.0 Å². The van der Waals surface area contributed by atoms with E-state index >= 15 is 0 Å². The molecule has 2 aromatic carbocycles. The summed E-state index contributed by atoms with van der Waals surface area (Å²) in [5.41, 5.74) is 10.8. The molecule has 254 valence electrons. The predicted octanol–water partition coefficient (Wildman–Crippen LogP) is 9.39. The van der Waals surface area contributed by atoms with Crippen molar-refractivity contribution < 1.29 is 42.1 Å². The zero-order valence-corrected chi connectivity index (χ0v) is 34.0. The van der Waals surface area contributed by atoms with Crippen molar-refractivity contribution in [3.05, 3.63) is 154 Å². The maximum absolute atomic E-state index is 5.37. The minimum Gasteiger partial charge on any atom is -0.353 e. The number of nitrogens with zero attached hydrogens (tertiary/aromatic N) is 4. The van der Waals surface area contributed by atoms with Crippen molar-refractivity contribution >= 4 is 0 Å². The molecule has 4 aromatic heterocycles. The fourth-order valence-electron chi connectivity index (χ4n) is 6.88. The summed E-state index contributed by atoms with van der Waals surface area (Å²) in [6, 6.07) is 44.6. The SMILES string of the molecule is CC1(C)c2[c-]c(ccc2)-c2cccc(n2)C(C)(C)c2cc3[c-]c(n2)-c2[c-]c1cc(n2)C(C)(C)c1cccc(n1)-c1[c-]c(ccc1)C3(C)C.[Pt+2].[Pt+2]. The summed E-state index contributed by atoms with van der Waals surface area (Å²) in [4.78, 5) is 21.2. The molecule has 0 N–H and O–H groups in total. The maximum Gasteiger partial charge on any atom is 2.00 e. The Morgan fingerprint density at radius 2 is 0.760 bits per heavy atom. The molecule has 0 saturated heterocycles. The van der Waals surface area contributed by atoms with Gasteiger partial charge in [-0.25, -0.2) is 12.1 Å². The zero-order valence-electron chi connectivity index (χ0n) is 29.5. The van der Waals surface area contributed by atoms with Gasteiger partial charge < -0.3 is 19.9 Å². The maximum atomic E-state index is 5.37. The van der Waals surface area contributed by atoms with Gasteiger partial charge in [0.05, 0.1) is 0 Å². The monoisotopic (exact) mass is 1010 g/mol. The van der Waals surface area contributed by atoms with Gasteiger partial charge in [-0.05, 0) is 73.4 Å². The van der Waals surface area contributed by atoms with Crippen molar-refractivity contribution in [3.63, 3.8) is 0 Å². The van der Waals surface area contributed by atoms with Gasteiger partial charge in [-0.1, -0.05) is 52.0 Å². The van der Waals surface area contributed by atoms with E-state index < -0.39 is 21.7 Å². The molecule has 0 atom stereocenters. The van der Waals surface area contributed by atoms with E-state index in [0.29, 0.717) is 11.4 Å². The smallest absolute Gasteiger partial charge is 0.353 e. The Bertz CT molecular complexity index is 1960. The van der Waals surface area contributed by atoms with E-state index in [1.54, 1.807) is 0 Å². The van der Waals surface area contributed by atoms with Crippen LogP contribution < -0.4 is 0 Å². The first kappa shape index (κ1) is 36.2. The Morgan fingerprint density at radius 3 is 1.16 bits per heavy atom. The third-order valence-corrected chi connectivity index (χ3v) is 10.7. The number of fused-ring (bicyclic) bond motifs is 14. The molecule has 50 heavy (non-hydrogen) atoms. The molecule has 6 aromatic rings. The van der Waals surface area contributed by atoms with Crippen LogP contribution in [0.5, 0.6) is 0 Å². The summed E-state index contributed by atoms with van der Waals surface area (Å²) in [6.45, 7) is 17.7. The van der Waals surface area contributed by atoms with Gasteiger partial charge in [0.1, 0.15) is 0 Å². The van der Waals surface area contributed by atoms with Crippen molar-refractivity contribution in [1.29, 1.82) is 0 Å². The fourth-order valence-corrected chi connectivity index (χ4v) is 6.88. The van der Waals surface area contributed by atoms with Gasteiger partial charge in [0.2, 0.25) is 0 Å². The first-order valence-corrected chi connectivity index (χ1v) is 16.7. The zero-order chi connectivity index (χ0) is 33.6. The van der Waals surface area contributed by atoms with Gasteiger partial charge in [0, 0.05) is 22.2 Å². The number of rotatable bonds is 0. The topological polar surface area (TPSA) is 51.6 Å². The Kier molecular flexibility index (Phi) is 9.11. The van der Waals surface area contributed by atoms with E-state index in [1.807, 2.05) is 0 Å². The Balaban J connectivity index is 0.00000216. The Labute approximate surface area is 325 Å². The number of benzene rings is 2. The Morgan fingerprint density at radius 1 is 0.380 bits per heavy atom. The van der Waals surface area contributed by atoms with E-state index in [9.17, 15) is 0 Å². The fraction of sp³-hybridized carbons (Fsp3) is 0.273. The van der Waals surface area contributed by atoms with Crippen molar-refractivity contribution in [2.24, 2.45) is 0 Å². The van der Waals surface area contributed by atoms with Gasteiger partial charge in [-0.2, -0.15) is 11.1 Å². The molecule has 0 spiro atoms. The molecule has 4 nitrogen and oxygen atoms in total. The van der Waals surface area contributed by atoms with Crippen LogP contribution in [0, 0.1) is 24.3 Å². The number of aromatic nitrogens is 4. The van der Waals surface area contributed by atoms with Crippen LogP contribution in [0.4, 0.5) is 0 Å².